The topological polar surface area (TPSA) is 102 Å². The molecule has 2 heterocycles. The number of urea groups is 1. The van der Waals surface area contributed by atoms with E-state index in [1.807, 2.05) is 16.8 Å². The molecule has 2 rings (SSSR count). The number of nitrogens with zero attached hydrogens (tertiary/aromatic N) is 4. The molecule has 0 unspecified atom stereocenters. The smallest absolute Gasteiger partial charge is 0.329 e. The fourth-order valence-electron chi connectivity index (χ4n) is 2.05. The van der Waals surface area contributed by atoms with Gasteiger partial charge >= 0.3 is 12.2 Å². The molecule has 2 N–H and O–H groups in total. The molecule has 2 aromatic rings. The lowest BCUT2D eigenvalue weighted by molar-refractivity contribution is -0.124. The normalized spacial score (nSPS) is 11.3. The number of alkyl halides is 3. The van der Waals surface area contributed by atoms with E-state index in [0.717, 1.165) is 23.7 Å². The molecule has 0 aliphatic rings. The van der Waals surface area contributed by atoms with Gasteiger partial charge < -0.3 is 9.88 Å². The Labute approximate surface area is 156 Å². The average molecular weight is 402 g/mol. The largest absolute Gasteiger partial charge is 0.405 e. The number of carbonyl (C=O) groups excluding carboxylic acids is 2. The van der Waals surface area contributed by atoms with Gasteiger partial charge in [-0.15, -0.1) is 10.2 Å². The molecule has 2 aromatic heterocycles. The first-order valence-corrected chi connectivity index (χ1v) is 8.89. The summed E-state index contributed by atoms with van der Waals surface area (Å²) in [6, 6.07) is 2.36. The summed E-state index contributed by atoms with van der Waals surface area (Å²) in [6.45, 7) is 1.07. The van der Waals surface area contributed by atoms with E-state index in [-0.39, 0.29) is 5.75 Å². The summed E-state index contributed by atoms with van der Waals surface area (Å²) in [4.78, 5) is 27.0. The first-order chi connectivity index (χ1) is 12.8. The Hall–Kier alpha value is -2.63. The zero-order valence-corrected chi connectivity index (χ0v) is 15.1. The molecule has 0 aliphatic heterocycles. The number of hydrogen-bond acceptors (Lipinski definition) is 6. The molecular weight excluding hydrogens is 385 g/mol. The number of pyridine rings is 1. The summed E-state index contributed by atoms with van der Waals surface area (Å²) < 4.78 is 37.9. The predicted molar refractivity (Wildman–Crippen MR) is 91.9 cm³/mol. The molecule has 0 bridgehead atoms. The molecule has 0 fully saturated rings. The van der Waals surface area contributed by atoms with Crippen LogP contribution < -0.4 is 10.6 Å². The van der Waals surface area contributed by atoms with Gasteiger partial charge in [0.15, 0.2) is 11.0 Å². The molecule has 0 spiro atoms. The molecule has 3 amide bonds. The Bertz CT molecular complexity index is 782. The van der Waals surface area contributed by atoms with E-state index in [2.05, 4.69) is 15.2 Å². The predicted octanol–water partition coefficient (Wildman–Crippen LogP) is 2.23. The van der Waals surface area contributed by atoms with Gasteiger partial charge in [-0.3, -0.25) is 15.1 Å². The van der Waals surface area contributed by atoms with Gasteiger partial charge in [-0.2, -0.15) is 13.2 Å². The van der Waals surface area contributed by atoms with E-state index in [4.69, 9.17) is 0 Å². The molecule has 0 saturated carbocycles. The SMILES string of the molecule is CCCn1c(SCC(=O)NC(=O)NCC(F)(F)F)nnc1-c1ccncc1. The Balaban J connectivity index is 1.96. The minimum Gasteiger partial charge on any atom is -0.329 e. The summed E-state index contributed by atoms with van der Waals surface area (Å²) in [5.74, 6) is -0.321. The second-order valence-electron chi connectivity index (χ2n) is 5.33. The maximum atomic E-state index is 12.0. The van der Waals surface area contributed by atoms with Crippen molar-refractivity contribution in [2.45, 2.75) is 31.2 Å². The zero-order chi connectivity index (χ0) is 19.9. The fourth-order valence-corrected chi connectivity index (χ4v) is 2.82. The average Bonchev–Trinajstić information content (AvgIpc) is 3.01. The van der Waals surface area contributed by atoms with Crippen molar-refractivity contribution in [3.8, 4) is 11.4 Å². The minimum atomic E-state index is -4.55. The molecule has 0 saturated heterocycles. The van der Waals surface area contributed by atoms with Crippen LogP contribution in [0.15, 0.2) is 29.7 Å². The lowest BCUT2D eigenvalue weighted by Crippen LogP contribution is -2.43. The highest BCUT2D eigenvalue weighted by atomic mass is 32.2. The lowest BCUT2D eigenvalue weighted by Gasteiger charge is -2.10. The molecule has 0 aromatic carbocycles. The van der Waals surface area contributed by atoms with Crippen LogP contribution in [0.1, 0.15) is 13.3 Å². The van der Waals surface area contributed by atoms with Crippen LogP contribution in [-0.4, -0.2) is 50.2 Å². The van der Waals surface area contributed by atoms with Crippen molar-refractivity contribution >= 4 is 23.7 Å². The van der Waals surface area contributed by atoms with Crippen LogP contribution in [0.25, 0.3) is 11.4 Å². The van der Waals surface area contributed by atoms with Crippen LogP contribution in [0.3, 0.4) is 0 Å². The van der Waals surface area contributed by atoms with Crippen molar-refractivity contribution < 1.29 is 22.8 Å². The van der Waals surface area contributed by atoms with Crippen LogP contribution >= 0.6 is 11.8 Å². The molecular formula is C15H17F3N6O2S. The van der Waals surface area contributed by atoms with E-state index in [9.17, 15) is 22.8 Å². The lowest BCUT2D eigenvalue weighted by atomic mass is 10.2. The van der Waals surface area contributed by atoms with E-state index in [1.54, 1.807) is 29.8 Å². The van der Waals surface area contributed by atoms with Crippen LogP contribution in [0.2, 0.25) is 0 Å². The third kappa shape index (κ3) is 6.55. The number of amides is 3. The maximum Gasteiger partial charge on any atom is 0.405 e. The number of thioether (sulfide) groups is 1. The van der Waals surface area contributed by atoms with Gasteiger partial charge in [-0.05, 0) is 18.6 Å². The van der Waals surface area contributed by atoms with Gasteiger partial charge in [-0.1, -0.05) is 18.7 Å². The standard InChI is InChI=1S/C15H17F3N6O2S/c1-2-7-24-12(10-3-5-19-6-4-10)22-23-14(24)27-8-11(25)21-13(26)20-9-15(16,17)18/h3-6H,2,7-9H2,1H3,(H2,20,21,25,26). The highest BCUT2D eigenvalue weighted by Crippen LogP contribution is 2.23. The van der Waals surface area contributed by atoms with E-state index in [0.29, 0.717) is 17.5 Å². The van der Waals surface area contributed by atoms with Crippen molar-refractivity contribution in [3.63, 3.8) is 0 Å². The number of imide groups is 1. The molecule has 0 aliphatic carbocycles. The number of aromatic nitrogens is 4. The van der Waals surface area contributed by atoms with Crippen LogP contribution in [-0.2, 0) is 11.3 Å². The number of nitrogens with one attached hydrogen (secondary N) is 2. The second-order valence-corrected chi connectivity index (χ2v) is 6.27. The van der Waals surface area contributed by atoms with Crippen LogP contribution in [0.5, 0.6) is 0 Å². The third-order valence-electron chi connectivity index (χ3n) is 3.14. The van der Waals surface area contributed by atoms with Crippen molar-refractivity contribution in [2.75, 3.05) is 12.3 Å². The number of hydrogen-bond donors (Lipinski definition) is 2. The molecule has 8 nitrogen and oxygen atoms in total. The number of carbonyl (C=O) groups is 2. The Kier molecular flexibility index (Phi) is 7.16. The number of halogens is 3. The highest BCUT2D eigenvalue weighted by Gasteiger charge is 2.28. The summed E-state index contributed by atoms with van der Waals surface area (Å²) in [5.41, 5.74) is 0.814. The molecule has 0 atom stereocenters. The maximum absolute atomic E-state index is 12.0. The summed E-state index contributed by atoms with van der Waals surface area (Å²) in [7, 11) is 0. The minimum absolute atomic E-state index is 0.197. The Morgan fingerprint density at radius 3 is 2.56 bits per heavy atom. The van der Waals surface area contributed by atoms with Gasteiger partial charge in [0.25, 0.3) is 0 Å². The molecule has 0 radical (unpaired) electrons. The van der Waals surface area contributed by atoms with Crippen molar-refractivity contribution in [2.24, 2.45) is 0 Å². The van der Waals surface area contributed by atoms with Gasteiger partial charge in [0.1, 0.15) is 6.54 Å². The zero-order valence-electron chi connectivity index (χ0n) is 14.3. The van der Waals surface area contributed by atoms with E-state index < -0.39 is 24.7 Å². The van der Waals surface area contributed by atoms with E-state index >= 15 is 0 Å². The molecule has 146 valence electrons. The molecule has 27 heavy (non-hydrogen) atoms. The van der Waals surface area contributed by atoms with Crippen molar-refractivity contribution in [1.82, 2.24) is 30.4 Å². The highest BCUT2D eigenvalue weighted by molar-refractivity contribution is 7.99. The quantitative estimate of drug-likeness (QED) is 0.689. The second kappa shape index (κ2) is 9.35. The molecule has 12 heteroatoms. The van der Waals surface area contributed by atoms with Crippen molar-refractivity contribution in [3.05, 3.63) is 24.5 Å². The first-order valence-electron chi connectivity index (χ1n) is 7.91. The van der Waals surface area contributed by atoms with E-state index in [1.165, 1.54) is 0 Å². The van der Waals surface area contributed by atoms with Gasteiger partial charge in [0, 0.05) is 24.5 Å². The fraction of sp³-hybridized carbons (Fsp3) is 0.400. The summed E-state index contributed by atoms with van der Waals surface area (Å²) in [6.07, 6.45) is -0.495. The van der Waals surface area contributed by atoms with Gasteiger partial charge in [-0.25, -0.2) is 4.79 Å². The van der Waals surface area contributed by atoms with Crippen molar-refractivity contribution in [1.29, 1.82) is 0 Å². The Morgan fingerprint density at radius 1 is 1.22 bits per heavy atom. The Morgan fingerprint density at radius 2 is 1.93 bits per heavy atom. The van der Waals surface area contributed by atoms with Crippen LogP contribution in [0, 0.1) is 0 Å². The first kappa shape index (κ1) is 20.7. The monoisotopic (exact) mass is 402 g/mol. The number of rotatable bonds is 7. The summed E-state index contributed by atoms with van der Waals surface area (Å²) >= 11 is 1.04. The van der Waals surface area contributed by atoms with Crippen LogP contribution in [0.4, 0.5) is 18.0 Å². The summed E-state index contributed by atoms with van der Waals surface area (Å²) in [5, 5.41) is 12.1. The van der Waals surface area contributed by atoms with Gasteiger partial charge in [0.05, 0.1) is 5.75 Å². The van der Waals surface area contributed by atoms with Gasteiger partial charge in [0.2, 0.25) is 5.91 Å². The third-order valence-corrected chi connectivity index (χ3v) is 4.10.